The Balaban J connectivity index is 2.11. The molecule has 2 aliphatic heterocycles. The zero-order chi connectivity index (χ0) is 12.7. The quantitative estimate of drug-likeness (QED) is 0.663. The van der Waals surface area contributed by atoms with Gasteiger partial charge in [0, 0.05) is 15.7 Å². The SMILES string of the molecule is [2H]C(O)[C@]12C[C@@]([2H])(F)CN1C([2H])([2H])CC21CC1. The van der Waals surface area contributed by atoms with Crippen molar-refractivity contribution in [1.29, 1.82) is 0 Å². The maximum atomic E-state index is 13.9. The van der Waals surface area contributed by atoms with Crippen LogP contribution >= 0.6 is 0 Å². The van der Waals surface area contributed by atoms with E-state index in [0.717, 1.165) is 12.8 Å². The van der Waals surface area contributed by atoms with Crippen LogP contribution in [0.4, 0.5) is 4.39 Å². The van der Waals surface area contributed by atoms with Gasteiger partial charge in [-0.05, 0) is 31.2 Å². The van der Waals surface area contributed by atoms with Crippen molar-refractivity contribution in [2.24, 2.45) is 5.41 Å². The predicted molar refractivity (Wildman–Crippen MR) is 47.2 cm³/mol. The average molecular weight is 189 g/mol. The van der Waals surface area contributed by atoms with Crippen molar-refractivity contribution in [2.75, 3.05) is 19.6 Å². The standard InChI is InChI=1S/C10H16FNO/c11-8-5-10(7-13)9(1-2-9)3-4-12(10)6-8/h8,13H,1-7H2/t8-,10+/m1/s1/i4D2,7D,8D/t7?,8-,10+. The third-order valence-electron chi connectivity index (χ3n) is 3.87. The Morgan fingerprint density at radius 3 is 3.08 bits per heavy atom. The lowest BCUT2D eigenvalue weighted by Gasteiger charge is -2.35. The summed E-state index contributed by atoms with van der Waals surface area (Å²) in [6.07, 6.45) is -0.842. The van der Waals surface area contributed by atoms with E-state index in [1.807, 2.05) is 0 Å². The topological polar surface area (TPSA) is 23.5 Å². The van der Waals surface area contributed by atoms with Crippen LogP contribution in [0.25, 0.3) is 0 Å². The molecule has 1 N–H and O–H groups in total. The normalized spacial score (nSPS) is 63.5. The molecule has 2 saturated heterocycles. The van der Waals surface area contributed by atoms with Crippen LogP contribution in [0.15, 0.2) is 0 Å². The fraction of sp³-hybridized carbons (Fsp3) is 1.00. The van der Waals surface area contributed by atoms with E-state index in [1.165, 1.54) is 4.90 Å². The largest absolute Gasteiger partial charge is 0.394 e. The van der Waals surface area contributed by atoms with Crippen molar-refractivity contribution in [1.82, 2.24) is 4.90 Å². The van der Waals surface area contributed by atoms with E-state index in [-0.39, 0.29) is 19.4 Å². The monoisotopic (exact) mass is 189 g/mol. The molecule has 3 fully saturated rings. The molecule has 3 rings (SSSR count). The van der Waals surface area contributed by atoms with E-state index in [2.05, 4.69) is 0 Å². The zero-order valence-electron chi connectivity index (χ0n) is 11.4. The molecular formula is C10H16FNO. The average Bonchev–Trinajstić information content (AvgIpc) is 2.79. The number of alkyl halides is 1. The van der Waals surface area contributed by atoms with Crippen LogP contribution in [0, 0.1) is 5.41 Å². The second-order valence-corrected chi connectivity index (χ2v) is 4.45. The molecule has 0 aromatic heterocycles. The molecule has 0 radical (unpaired) electrons. The summed E-state index contributed by atoms with van der Waals surface area (Å²) in [6, 6.07) is 0. The molecule has 1 unspecified atom stereocenters. The number of hydrogen-bond donors (Lipinski definition) is 1. The Morgan fingerprint density at radius 2 is 2.46 bits per heavy atom. The van der Waals surface area contributed by atoms with Crippen LogP contribution in [-0.4, -0.2) is 41.3 Å². The van der Waals surface area contributed by atoms with Crippen molar-refractivity contribution >= 4 is 0 Å². The van der Waals surface area contributed by atoms with Crippen LogP contribution in [0.3, 0.4) is 0 Å². The lowest BCUT2D eigenvalue weighted by Crippen LogP contribution is -2.47. The molecule has 2 heterocycles. The molecular weight excluding hydrogens is 169 g/mol. The third kappa shape index (κ3) is 0.803. The predicted octanol–water partition coefficient (Wildman–Crippen LogP) is 0.945. The highest BCUT2D eigenvalue weighted by molar-refractivity contribution is 5.21. The first kappa shape index (κ1) is 5.08. The van der Waals surface area contributed by atoms with Gasteiger partial charge in [0.15, 0.2) is 0 Å². The number of halogens is 1. The number of nitrogens with zero attached hydrogens (tertiary/aromatic N) is 1. The Morgan fingerprint density at radius 1 is 1.69 bits per heavy atom. The number of aliphatic hydroxyl groups is 1. The van der Waals surface area contributed by atoms with E-state index in [1.54, 1.807) is 0 Å². The van der Waals surface area contributed by atoms with Crippen molar-refractivity contribution in [2.45, 2.75) is 37.4 Å². The maximum absolute atomic E-state index is 13.9. The van der Waals surface area contributed by atoms with Gasteiger partial charge in [0.1, 0.15) is 6.15 Å². The molecule has 13 heavy (non-hydrogen) atoms. The van der Waals surface area contributed by atoms with Crippen LogP contribution in [0.5, 0.6) is 0 Å². The van der Waals surface area contributed by atoms with Crippen molar-refractivity contribution in [3.8, 4) is 0 Å². The number of aliphatic hydroxyl groups excluding tert-OH is 1. The third-order valence-corrected chi connectivity index (χ3v) is 3.87. The highest BCUT2D eigenvalue weighted by atomic mass is 19.1. The fourth-order valence-corrected chi connectivity index (χ4v) is 2.84. The van der Waals surface area contributed by atoms with Gasteiger partial charge in [-0.1, -0.05) is 0 Å². The van der Waals surface area contributed by atoms with Gasteiger partial charge in [-0.15, -0.1) is 0 Å². The molecule has 3 atom stereocenters. The maximum Gasteiger partial charge on any atom is 0.115 e. The summed E-state index contributed by atoms with van der Waals surface area (Å²) in [5.74, 6) is 0. The Hall–Kier alpha value is -0.150. The lowest BCUT2D eigenvalue weighted by molar-refractivity contribution is 0.0564. The first-order valence-electron chi connectivity index (χ1n) is 6.80. The summed E-state index contributed by atoms with van der Waals surface area (Å²) in [5, 5.41) is 9.76. The smallest absolute Gasteiger partial charge is 0.115 e. The first-order chi connectivity index (χ1) is 7.65. The highest BCUT2D eigenvalue weighted by Gasteiger charge is 2.67. The molecule has 3 aliphatic rings. The van der Waals surface area contributed by atoms with Gasteiger partial charge in [-0.3, -0.25) is 4.90 Å². The summed E-state index contributed by atoms with van der Waals surface area (Å²) in [7, 11) is 0. The van der Waals surface area contributed by atoms with Crippen LogP contribution in [-0.2, 0) is 0 Å². The Bertz CT molecular complexity index is 371. The summed E-state index contributed by atoms with van der Waals surface area (Å²) >= 11 is 0. The second kappa shape index (κ2) is 2.26. The second-order valence-electron chi connectivity index (χ2n) is 4.45. The van der Waals surface area contributed by atoms with Gasteiger partial charge >= 0.3 is 0 Å². The van der Waals surface area contributed by atoms with Gasteiger partial charge in [0.25, 0.3) is 0 Å². The molecule has 1 aliphatic carbocycles. The molecule has 0 bridgehead atoms. The van der Waals surface area contributed by atoms with E-state index >= 15 is 0 Å². The van der Waals surface area contributed by atoms with E-state index < -0.39 is 30.2 Å². The summed E-state index contributed by atoms with van der Waals surface area (Å²) < 4.78 is 45.0. The fourth-order valence-electron chi connectivity index (χ4n) is 2.84. The van der Waals surface area contributed by atoms with Gasteiger partial charge in [-0.25, -0.2) is 4.39 Å². The molecule has 2 nitrogen and oxygen atoms in total. The first-order valence-corrected chi connectivity index (χ1v) is 4.72. The van der Waals surface area contributed by atoms with E-state index in [4.69, 9.17) is 5.48 Å². The molecule has 74 valence electrons. The molecule has 0 amide bonds. The Kier molecular flexibility index (Phi) is 0.882. The summed E-state index contributed by atoms with van der Waals surface area (Å²) in [5.41, 5.74) is -1.69. The number of fused-ring (bicyclic) bond motifs is 2. The van der Waals surface area contributed by atoms with Gasteiger partial charge in [0.05, 0.1) is 14.9 Å². The van der Waals surface area contributed by atoms with Crippen LogP contribution in [0.1, 0.15) is 31.2 Å². The Labute approximate surface area is 83.3 Å². The van der Waals surface area contributed by atoms with E-state index in [9.17, 15) is 9.50 Å². The summed E-state index contributed by atoms with van der Waals surface area (Å²) in [4.78, 5) is 1.25. The van der Waals surface area contributed by atoms with Crippen LogP contribution in [0.2, 0.25) is 0 Å². The van der Waals surface area contributed by atoms with Gasteiger partial charge in [-0.2, -0.15) is 0 Å². The van der Waals surface area contributed by atoms with Crippen molar-refractivity contribution in [3.63, 3.8) is 0 Å². The molecule has 3 heteroatoms. The number of rotatable bonds is 1. The van der Waals surface area contributed by atoms with Crippen molar-refractivity contribution < 1.29 is 15.0 Å². The van der Waals surface area contributed by atoms with Crippen molar-refractivity contribution in [3.05, 3.63) is 0 Å². The minimum atomic E-state index is -2.26. The minimum absolute atomic E-state index is 0.242. The molecule has 0 aromatic carbocycles. The number of hydrogen-bond acceptors (Lipinski definition) is 2. The minimum Gasteiger partial charge on any atom is -0.394 e. The van der Waals surface area contributed by atoms with E-state index in [0.29, 0.717) is 0 Å². The highest BCUT2D eigenvalue weighted by Crippen LogP contribution is 2.65. The van der Waals surface area contributed by atoms with Gasteiger partial charge in [0.2, 0.25) is 0 Å². The molecule has 1 saturated carbocycles. The summed E-state index contributed by atoms with van der Waals surface area (Å²) in [6.45, 7) is -3.61. The zero-order valence-corrected chi connectivity index (χ0v) is 7.39. The molecule has 0 aromatic rings. The van der Waals surface area contributed by atoms with Crippen LogP contribution < -0.4 is 0 Å². The molecule has 1 spiro atoms. The van der Waals surface area contributed by atoms with Gasteiger partial charge < -0.3 is 5.11 Å². The lowest BCUT2D eigenvalue weighted by atomic mass is 9.80.